The predicted molar refractivity (Wildman–Crippen MR) is 109 cm³/mol. The second kappa shape index (κ2) is 6.67. The first-order valence-corrected chi connectivity index (χ1v) is 9.31. The van der Waals surface area contributed by atoms with Crippen LogP contribution in [0.25, 0.3) is 11.3 Å². The van der Waals surface area contributed by atoms with Crippen molar-refractivity contribution in [2.24, 2.45) is 5.84 Å². The van der Waals surface area contributed by atoms with Gasteiger partial charge >= 0.3 is 0 Å². The molecule has 5 heteroatoms. The van der Waals surface area contributed by atoms with E-state index in [2.05, 4.69) is 25.3 Å². The van der Waals surface area contributed by atoms with Crippen molar-refractivity contribution in [3.05, 3.63) is 81.6 Å². The van der Waals surface area contributed by atoms with Gasteiger partial charge in [0, 0.05) is 11.0 Å². The van der Waals surface area contributed by atoms with E-state index in [1.54, 1.807) is 4.57 Å². The predicted octanol–water partition coefficient (Wildman–Crippen LogP) is 3.47. The number of rotatable bonds is 4. The highest BCUT2D eigenvalue weighted by atomic mass is 16.1. The lowest BCUT2D eigenvalue weighted by Gasteiger charge is -2.35. The van der Waals surface area contributed by atoms with Crippen LogP contribution in [0.3, 0.4) is 0 Å². The van der Waals surface area contributed by atoms with Crippen molar-refractivity contribution in [3.63, 3.8) is 0 Å². The lowest BCUT2D eigenvalue weighted by molar-refractivity contribution is 0.436. The Labute approximate surface area is 158 Å². The van der Waals surface area contributed by atoms with Gasteiger partial charge in [-0.2, -0.15) is 0 Å². The third-order valence-electron chi connectivity index (χ3n) is 5.72. The van der Waals surface area contributed by atoms with Gasteiger partial charge < -0.3 is 0 Å². The van der Waals surface area contributed by atoms with Crippen LogP contribution in [0.4, 0.5) is 5.95 Å². The number of nitrogens with zero attached hydrogens (tertiary/aromatic N) is 2. The highest BCUT2D eigenvalue weighted by Crippen LogP contribution is 2.42. The van der Waals surface area contributed by atoms with E-state index < -0.39 is 0 Å². The summed E-state index contributed by atoms with van der Waals surface area (Å²) in [6, 6.07) is 18.1. The van der Waals surface area contributed by atoms with E-state index in [-0.39, 0.29) is 11.0 Å². The van der Waals surface area contributed by atoms with Gasteiger partial charge in [-0.05, 0) is 24.0 Å². The van der Waals surface area contributed by atoms with Crippen LogP contribution in [0.1, 0.15) is 37.0 Å². The lowest BCUT2D eigenvalue weighted by Crippen LogP contribution is -2.40. The molecule has 0 radical (unpaired) electrons. The molecule has 27 heavy (non-hydrogen) atoms. The van der Waals surface area contributed by atoms with E-state index in [0.29, 0.717) is 12.5 Å². The third-order valence-corrected chi connectivity index (χ3v) is 5.72. The fourth-order valence-corrected chi connectivity index (χ4v) is 4.03. The number of nitrogens with two attached hydrogens (primary N) is 1. The molecule has 1 heterocycles. The molecule has 0 spiro atoms. The summed E-state index contributed by atoms with van der Waals surface area (Å²) in [7, 11) is 0. The van der Waals surface area contributed by atoms with Crippen LogP contribution in [-0.4, -0.2) is 9.55 Å². The van der Waals surface area contributed by atoms with Crippen LogP contribution >= 0.6 is 0 Å². The first kappa shape index (κ1) is 17.5. The average Bonchev–Trinajstić information content (AvgIpc) is 2.70. The molecule has 3 N–H and O–H groups in total. The Bertz CT molecular complexity index is 1040. The minimum atomic E-state index is -0.251. The van der Waals surface area contributed by atoms with Gasteiger partial charge in [-0.3, -0.25) is 14.8 Å². The monoisotopic (exact) mass is 360 g/mol. The molecular weight excluding hydrogens is 336 g/mol. The van der Waals surface area contributed by atoms with E-state index in [9.17, 15) is 4.79 Å². The van der Waals surface area contributed by atoms with Gasteiger partial charge in [0.2, 0.25) is 5.95 Å². The lowest BCUT2D eigenvalue weighted by atomic mass is 9.69. The molecule has 0 unspecified atom stereocenters. The van der Waals surface area contributed by atoms with Gasteiger partial charge in [0.05, 0.1) is 17.8 Å². The van der Waals surface area contributed by atoms with E-state index in [1.807, 2.05) is 48.5 Å². The Hall–Kier alpha value is -2.92. The van der Waals surface area contributed by atoms with Crippen molar-refractivity contribution in [2.75, 3.05) is 5.43 Å². The summed E-state index contributed by atoms with van der Waals surface area (Å²) in [5.41, 5.74) is 7.20. The Balaban J connectivity index is 1.98. The molecule has 3 aromatic rings. The summed E-state index contributed by atoms with van der Waals surface area (Å²) in [5.74, 6) is 6.14. The van der Waals surface area contributed by atoms with Gasteiger partial charge in [-0.15, -0.1) is 0 Å². The molecule has 5 nitrogen and oxygen atoms in total. The molecule has 1 atom stereocenters. The first-order valence-electron chi connectivity index (χ1n) is 9.31. The molecule has 2 aromatic carbocycles. The minimum Gasteiger partial charge on any atom is -0.294 e. The molecule has 0 fully saturated rings. The second-order valence-corrected chi connectivity index (χ2v) is 7.43. The van der Waals surface area contributed by atoms with E-state index in [1.165, 1.54) is 5.56 Å². The van der Waals surface area contributed by atoms with Crippen molar-refractivity contribution >= 4 is 5.95 Å². The first-order chi connectivity index (χ1) is 13.1. The number of hydrazine groups is 1. The molecule has 0 aliphatic heterocycles. The van der Waals surface area contributed by atoms with Gasteiger partial charge in [-0.25, -0.2) is 10.8 Å². The van der Waals surface area contributed by atoms with Crippen molar-refractivity contribution in [1.82, 2.24) is 9.55 Å². The standard InChI is InChI=1S/C22H24N4O/c1-3-22(2)13-16-11-7-8-12-17(16)19-18(22)20(27)26(21(24-19)25-23)14-15-9-5-4-6-10-15/h4-12H,3,13-14,23H2,1-2H3,(H,24,25)/t22-/m1/s1. The summed E-state index contributed by atoms with van der Waals surface area (Å²) in [4.78, 5) is 18.4. The molecule has 4 rings (SSSR count). The summed E-state index contributed by atoms with van der Waals surface area (Å²) in [6.45, 7) is 4.72. The summed E-state index contributed by atoms with van der Waals surface area (Å²) in [6.07, 6.45) is 1.70. The maximum Gasteiger partial charge on any atom is 0.259 e. The fourth-order valence-electron chi connectivity index (χ4n) is 4.03. The van der Waals surface area contributed by atoms with E-state index in [0.717, 1.165) is 35.2 Å². The number of aromatic nitrogens is 2. The van der Waals surface area contributed by atoms with Crippen LogP contribution < -0.4 is 16.8 Å². The molecule has 0 amide bonds. The number of hydrogen-bond donors (Lipinski definition) is 2. The van der Waals surface area contributed by atoms with Crippen LogP contribution in [0, 0.1) is 0 Å². The van der Waals surface area contributed by atoms with E-state index >= 15 is 0 Å². The molecule has 1 aliphatic rings. The zero-order valence-corrected chi connectivity index (χ0v) is 15.7. The Morgan fingerprint density at radius 1 is 1.15 bits per heavy atom. The van der Waals surface area contributed by atoms with Gasteiger partial charge in [0.25, 0.3) is 5.56 Å². The molecule has 0 saturated carbocycles. The largest absolute Gasteiger partial charge is 0.294 e. The van der Waals surface area contributed by atoms with Crippen LogP contribution in [0.2, 0.25) is 0 Å². The smallest absolute Gasteiger partial charge is 0.259 e. The maximum absolute atomic E-state index is 13.6. The van der Waals surface area contributed by atoms with Crippen LogP contribution in [0.5, 0.6) is 0 Å². The average molecular weight is 360 g/mol. The highest BCUT2D eigenvalue weighted by molar-refractivity contribution is 5.72. The van der Waals surface area contributed by atoms with Gasteiger partial charge in [0.15, 0.2) is 0 Å². The number of nitrogen functional groups attached to an aromatic ring is 1. The van der Waals surface area contributed by atoms with Crippen molar-refractivity contribution < 1.29 is 0 Å². The Morgan fingerprint density at radius 3 is 2.56 bits per heavy atom. The van der Waals surface area contributed by atoms with Crippen LogP contribution in [-0.2, 0) is 18.4 Å². The zero-order valence-electron chi connectivity index (χ0n) is 15.7. The number of hydrogen-bond acceptors (Lipinski definition) is 4. The number of fused-ring (bicyclic) bond motifs is 3. The summed E-state index contributed by atoms with van der Waals surface area (Å²) < 4.78 is 1.65. The molecule has 0 saturated heterocycles. The Morgan fingerprint density at radius 2 is 1.85 bits per heavy atom. The van der Waals surface area contributed by atoms with Crippen LogP contribution in [0.15, 0.2) is 59.4 Å². The summed E-state index contributed by atoms with van der Waals surface area (Å²) in [5, 5.41) is 0. The molecular formula is C22H24N4O. The second-order valence-electron chi connectivity index (χ2n) is 7.43. The normalized spacial score (nSPS) is 17.9. The SMILES string of the molecule is CC[C@]1(C)Cc2ccccc2-c2nc(NN)n(Cc3ccccc3)c(=O)c21. The van der Waals surface area contributed by atoms with Crippen molar-refractivity contribution in [3.8, 4) is 11.3 Å². The Kier molecular flexibility index (Phi) is 4.32. The minimum absolute atomic E-state index is 0.0179. The van der Waals surface area contributed by atoms with Gasteiger partial charge in [0.1, 0.15) is 0 Å². The molecule has 0 bridgehead atoms. The molecule has 1 aliphatic carbocycles. The highest BCUT2D eigenvalue weighted by Gasteiger charge is 2.38. The molecule has 138 valence electrons. The van der Waals surface area contributed by atoms with E-state index in [4.69, 9.17) is 10.8 Å². The third kappa shape index (κ3) is 2.84. The summed E-state index contributed by atoms with van der Waals surface area (Å²) >= 11 is 0. The number of nitrogens with one attached hydrogen (secondary N) is 1. The number of anilines is 1. The maximum atomic E-state index is 13.6. The van der Waals surface area contributed by atoms with Crippen molar-refractivity contribution in [1.29, 1.82) is 0 Å². The fraction of sp³-hybridized carbons (Fsp3) is 0.273. The quantitative estimate of drug-likeness (QED) is 0.552. The molecule has 1 aromatic heterocycles. The van der Waals surface area contributed by atoms with Gasteiger partial charge in [-0.1, -0.05) is 68.4 Å². The zero-order chi connectivity index (χ0) is 19.0. The number of benzene rings is 2. The topological polar surface area (TPSA) is 72.9 Å². The van der Waals surface area contributed by atoms with Crippen molar-refractivity contribution in [2.45, 2.75) is 38.6 Å².